The lowest BCUT2D eigenvalue weighted by molar-refractivity contribution is -0.331. The van der Waals surface area contributed by atoms with Gasteiger partial charge in [-0.05, 0) is 60.6 Å². The molecule has 1 heterocycles. The van der Waals surface area contributed by atoms with Crippen LogP contribution in [0.1, 0.15) is 95.3 Å². The highest BCUT2D eigenvalue weighted by atomic mass is 19.1. The van der Waals surface area contributed by atoms with E-state index in [1.54, 1.807) is 33.3 Å². The van der Waals surface area contributed by atoms with E-state index in [1.165, 1.54) is 12.1 Å². The minimum atomic E-state index is -0.927. The van der Waals surface area contributed by atoms with Crippen molar-refractivity contribution in [3.63, 3.8) is 0 Å². The minimum Gasteiger partial charge on any atom is -0.493 e. The van der Waals surface area contributed by atoms with Crippen molar-refractivity contribution < 1.29 is 38.0 Å². The molecule has 2 aromatic rings. The maximum Gasteiger partial charge on any atom is 0.308 e. The van der Waals surface area contributed by atoms with E-state index in [-0.39, 0.29) is 36.3 Å². The van der Waals surface area contributed by atoms with E-state index in [2.05, 4.69) is 13.8 Å². The van der Waals surface area contributed by atoms with Crippen molar-refractivity contribution in [1.82, 2.24) is 0 Å². The highest BCUT2D eigenvalue weighted by Gasteiger charge is 2.44. The van der Waals surface area contributed by atoms with Crippen LogP contribution in [-0.4, -0.2) is 49.9 Å². The smallest absolute Gasteiger partial charge is 0.308 e. The topological polar surface area (TPSA) is 83.5 Å². The van der Waals surface area contributed by atoms with E-state index in [0.29, 0.717) is 47.6 Å². The summed E-state index contributed by atoms with van der Waals surface area (Å²) < 4.78 is 43.6. The van der Waals surface area contributed by atoms with Crippen LogP contribution >= 0.6 is 0 Å². The van der Waals surface area contributed by atoms with Gasteiger partial charge in [0.25, 0.3) is 0 Å². The van der Waals surface area contributed by atoms with Crippen LogP contribution in [0.4, 0.5) is 4.39 Å². The molecule has 0 bridgehead atoms. The van der Waals surface area contributed by atoms with Crippen LogP contribution in [0.2, 0.25) is 0 Å². The number of esters is 1. The number of benzene rings is 2. The maximum absolute atomic E-state index is 13.9. The van der Waals surface area contributed by atoms with Crippen LogP contribution in [0.25, 0.3) is 11.1 Å². The molecule has 0 aromatic heterocycles. The summed E-state index contributed by atoms with van der Waals surface area (Å²) in [6.07, 6.45) is 3.92. The van der Waals surface area contributed by atoms with Crippen molar-refractivity contribution in [2.24, 2.45) is 0 Å². The predicted octanol–water partition coefficient (Wildman–Crippen LogP) is 6.84. The first-order chi connectivity index (χ1) is 19.2. The molecule has 1 saturated heterocycles. The lowest BCUT2D eigenvalue weighted by atomic mass is 9.83. The molecule has 8 heteroatoms. The van der Waals surface area contributed by atoms with E-state index < -0.39 is 11.9 Å². The summed E-state index contributed by atoms with van der Waals surface area (Å²) in [6, 6.07) is 8.07. The largest absolute Gasteiger partial charge is 0.493 e. The number of methoxy groups -OCH3 is 2. The summed E-state index contributed by atoms with van der Waals surface area (Å²) in [5, 5.41) is 11.9. The fraction of sp³-hybridized carbons (Fsp3) is 0.594. The molecule has 0 radical (unpaired) electrons. The third-order valence-corrected chi connectivity index (χ3v) is 7.92. The number of hydrogen-bond acceptors (Lipinski definition) is 7. The zero-order chi connectivity index (χ0) is 28.9. The summed E-state index contributed by atoms with van der Waals surface area (Å²) in [6.45, 7) is 6.23. The van der Waals surface area contributed by atoms with Gasteiger partial charge in [-0.2, -0.15) is 0 Å². The van der Waals surface area contributed by atoms with Gasteiger partial charge in [0, 0.05) is 31.2 Å². The van der Waals surface area contributed by atoms with Crippen molar-refractivity contribution in [1.29, 1.82) is 0 Å². The van der Waals surface area contributed by atoms with E-state index in [0.717, 1.165) is 37.7 Å². The van der Waals surface area contributed by atoms with E-state index in [1.807, 2.05) is 6.07 Å². The van der Waals surface area contributed by atoms with Crippen LogP contribution in [0.15, 0.2) is 30.3 Å². The fourth-order valence-electron chi connectivity index (χ4n) is 6.16. The molecule has 1 saturated carbocycles. The van der Waals surface area contributed by atoms with Crippen molar-refractivity contribution in [2.75, 3.05) is 20.8 Å². The molecule has 1 spiro atoms. The molecule has 2 aromatic carbocycles. The van der Waals surface area contributed by atoms with Gasteiger partial charge in [0.15, 0.2) is 17.3 Å². The summed E-state index contributed by atoms with van der Waals surface area (Å²) in [5.41, 5.74) is 2.99. The Labute approximate surface area is 236 Å². The van der Waals surface area contributed by atoms with Gasteiger partial charge < -0.3 is 28.8 Å². The third-order valence-electron chi connectivity index (χ3n) is 7.92. The Kier molecular flexibility index (Phi) is 10.1. The Balaban J connectivity index is 1.73. The van der Waals surface area contributed by atoms with Crippen LogP contribution in [0, 0.1) is 5.82 Å². The normalized spacial score (nSPS) is 21.3. The van der Waals surface area contributed by atoms with Crippen LogP contribution in [0.3, 0.4) is 0 Å². The number of hydrogen-bond donors (Lipinski definition) is 1. The fourth-order valence-corrected chi connectivity index (χ4v) is 6.16. The van der Waals surface area contributed by atoms with Gasteiger partial charge in [-0.3, -0.25) is 4.79 Å². The minimum absolute atomic E-state index is 0.0560. The number of aliphatic hydroxyl groups is 1. The molecule has 3 atom stereocenters. The Morgan fingerprint density at radius 3 is 2.35 bits per heavy atom. The Morgan fingerprint density at radius 2 is 1.75 bits per heavy atom. The first-order valence-corrected chi connectivity index (χ1v) is 14.4. The number of halogens is 1. The molecule has 40 heavy (non-hydrogen) atoms. The quantitative estimate of drug-likeness (QED) is 0.320. The number of carbonyl (C=O) groups excluding carboxylic acids is 1. The highest BCUT2D eigenvalue weighted by molar-refractivity contribution is 5.79. The van der Waals surface area contributed by atoms with Gasteiger partial charge in [0.05, 0.1) is 45.6 Å². The van der Waals surface area contributed by atoms with Gasteiger partial charge in [0.1, 0.15) is 5.82 Å². The number of carbonyl (C=O) groups is 1. The molecule has 0 amide bonds. The van der Waals surface area contributed by atoms with Gasteiger partial charge in [0.2, 0.25) is 0 Å². The molecule has 3 unspecified atom stereocenters. The van der Waals surface area contributed by atoms with Crippen LogP contribution < -0.4 is 9.47 Å². The standard InChI is InChI=1S/C32H43FO7/c1-6-38-28(35)18-24-16-23(39-32(40-24)14-8-7-9-15-32)17-26(34)30-25(20(2)3)19-27(36-4)31(37-5)29(30)21-10-12-22(33)13-11-21/h10-13,19-20,23-24,26,34H,6-9,14-18H2,1-5H3. The van der Waals surface area contributed by atoms with E-state index in [9.17, 15) is 14.3 Å². The van der Waals surface area contributed by atoms with Gasteiger partial charge in [-0.15, -0.1) is 0 Å². The molecule has 1 aliphatic carbocycles. The van der Waals surface area contributed by atoms with E-state index in [4.69, 9.17) is 23.7 Å². The molecule has 1 aliphatic heterocycles. The summed E-state index contributed by atoms with van der Waals surface area (Å²) >= 11 is 0. The number of rotatable bonds is 10. The molecule has 2 fully saturated rings. The van der Waals surface area contributed by atoms with Gasteiger partial charge in [-0.1, -0.05) is 32.4 Å². The zero-order valence-corrected chi connectivity index (χ0v) is 24.3. The molecule has 2 aliphatic rings. The molecule has 220 valence electrons. The number of aliphatic hydroxyl groups excluding tert-OH is 1. The molecule has 4 rings (SSSR count). The highest BCUT2D eigenvalue weighted by Crippen LogP contribution is 2.49. The average Bonchev–Trinajstić information content (AvgIpc) is 2.92. The molecular weight excluding hydrogens is 515 g/mol. The first-order valence-electron chi connectivity index (χ1n) is 14.4. The predicted molar refractivity (Wildman–Crippen MR) is 150 cm³/mol. The van der Waals surface area contributed by atoms with E-state index >= 15 is 0 Å². The summed E-state index contributed by atoms with van der Waals surface area (Å²) in [4.78, 5) is 12.4. The second-order valence-corrected chi connectivity index (χ2v) is 11.1. The Hall–Kier alpha value is -2.68. The SMILES string of the molecule is CCOC(=O)CC1CC(CC(O)c2c(C(C)C)cc(OC)c(OC)c2-c2ccc(F)cc2)OC2(CCCCC2)O1. The summed E-state index contributed by atoms with van der Waals surface area (Å²) in [5.74, 6) is -0.321. The first kappa shape index (κ1) is 30.3. The maximum atomic E-state index is 13.9. The Morgan fingerprint density at radius 1 is 1.07 bits per heavy atom. The molecule has 1 N–H and O–H groups in total. The Bertz CT molecular complexity index is 1140. The second-order valence-electron chi connectivity index (χ2n) is 11.1. The van der Waals surface area contributed by atoms with Crippen molar-refractivity contribution in [3.05, 3.63) is 47.3 Å². The lowest BCUT2D eigenvalue weighted by Crippen LogP contribution is -2.50. The molecule has 7 nitrogen and oxygen atoms in total. The summed E-state index contributed by atoms with van der Waals surface area (Å²) in [7, 11) is 3.14. The molecular formula is C32H43FO7. The van der Waals surface area contributed by atoms with Crippen molar-refractivity contribution in [2.45, 2.75) is 102 Å². The lowest BCUT2D eigenvalue weighted by Gasteiger charge is -2.47. The zero-order valence-electron chi connectivity index (χ0n) is 24.3. The average molecular weight is 559 g/mol. The van der Waals surface area contributed by atoms with Gasteiger partial charge in [-0.25, -0.2) is 4.39 Å². The number of ether oxygens (including phenoxy) is 5. The van der Waals surface area contributed by atoms with Crippen LogP contribution in [0.5, 0.6) is 11.5 Å². The monoisotopic (exact) mass is 558 g/mol. The van der Waals surface area contributed by atoms with Crippen LogP contribution in [-0.2, 0) is 19.0 Å². The second kappa shape index (κ2) is 13.3. The van der Waals surface area contributed by atoms with Gasteiger partial charge >= 0.3 is 5.97 Å². The van der Waals surface area contributed by atoms with Crippen molar-refractivity contribution >= 4 is 5.97 Å². The van der Waals surface area contributed by atoms with Crippen molar-refractivity contribution in [3.8, 4) is 22.6 Å². The third kappa shape index (κ3) is 6.78.